The molecule has 0 radical (unpaired) electrons. The molecular weight excluding hydrogens is 402 g/mol. The van der Waals surface area contributed by atoms with Crippen LogP contribution in [-0.4, -0.2) is 53.3 Å². The summed E-state index contributed by atoms with van der Waals surface area (Å²) in [5.41, 5.74) is 1.36. The largest absolute Gasteiger partial charge is 0.331 e. The Kier molecular flexibility index (Phi) is 5.81. The van der Waals surface area contributed by atoms with Crippen molar-refractivity contribution in [1.82, 2.24) is 19.7 Å². The van der Waals surface area contributed by atoms with Crippen LogP contribution in [0.3, 0.4) is 0 Å². The summed E-state index contributed by atoms with van der Waals surface area (Å²) in [7, 11) is -3.60. The van der Waals surface area contributed by atoms with Crippen LogP contribution in [0.25, 0.3) is 0 Å². The van der Waals surface area contributed by atoms with E-state index in [4.69, 9.17) is 0 Å². The first kappa shape index (κ1) is 20.8. The van der Waals surface area contributed by atoms with Gasteiger partial charge in [0.2, 0.25) is 15.9 Å². The molecule has 1 saturated heterocycles. The summed E-state index contributed by atoms with van der Waals surface area (Å²) in [6.45, 7) is 3.13. The molecule has 0 N–H and O–H groups in total. The summed E-state index contributed by atoms with van der Waals surface area (Å²) in [6.07, 6.45) is 7.15. The number of nitrogens with zero attached hydrogens (tertiary/aromatic N) is 5. The zero-order valence-electron chi connectivity index (χ0n) is 17.6. The molecule has 2 aliphatic heterocycles. The van der Waals surface area contributed by atoms with Crippen LogP contribution in [0, 0.1) is 6.92 Å². The fraction of sp³-hybridized carbons (Fsp3) is 0.571. The van der Waals surface area contributed by atoms with Gasteiger partial charge in [0.25, 0.3) is 0 Å². The molecule has 1 aromatic carbocycles. The predicted molar refractivity (Wildman–Crippen MR) is 115 cm³/mol. The summed E-state index contributed by atoms with van der Waals surface area (Å²) in [5.74, 6) is 1.65. The standard InChI is InChI=1S/C21H29N5O3S/c1-16-9-5-6-10-17(16)26(30(2,28)29)15-20(27)24-14-8-11-18(24)21-23-22-19-12-4-3-7-13-25(19)21/h5-6,9-10,18H,3-4,7-8,11-15H2,1-2H3. The number of hydrogen-bond donors (Lipinski definition) is 0. The van der Waals surface area contributed by atoms with Crippen molar-refractivity contribution < 1.29 is 13.2 Å². The first-order valence-corrected chi connectivity index (χ1v) is 12.5. The first-order valence-electron chi connectivity index (χ1n) is 10.6. The van der Waals surface area contributed by atoms with Crippen molar-refractivity contribution in [1.29, 1.82) is 0 Å². The molecule has 0 spiro atoms. The highest BCUT2D eigenvalue weighted by Gasteiger charge is 2.36. The zero-order chi connectivity index (χ0) is 21.3. The predicted octanol–water partition coefficient (Wildman–Crippen LogP) is 2.44. The Morgan fingerprint density at radius 1 is 1.13 bits per heavy atom. The van der Waals surface area contributed by atoms with E-state index in [-0.39, 0.29) is 18.5 Å². The van der Waals surface area contributed by atoms with Gasteiger partial charge in [0, 0.05) is 19.5 Å². The molecule has 1 fully saturated rings. The molecule has 0 saturated carbocycles. The molecule has 8 nitrogen and oxygen atoms in total. The Morgan fingerprint density at radius 2 is 1.93 bits per heavy atom. The molecule has 9 heteroatoms. The van der Waals surface area contributed by atoms with Gasteiger partial charge in [-0.25, -0.2) is 8.42 Å². The van der Waals surface area contributed by atoms with Crippen molar-refractivity contribution >= 4 is 21.6 Å². The van der Waals surface area contributed by atoms with E-state index in [1.165, 1.54) is 10.7 Å². The van der Waals surface area contributed by atoms with E-state index in [0.717, 1.165) is 62.1 Å². The fourth-order valence-corrected chi connectivity index (χ4v) is 5.43. The van der Waals surface area contributed by atoms with Gasteiger partial charge in [0.05, 0.1) is 18.0 Å². The van der Waals surface area contributed by atoms with Crippen LogP contribution in [-0.2, 0) is 27.8 Å². The van der Waals surface area contributed by atoms with Crippen molar-refractivity contribution in [3.8, 4) is 0 Å². The van der Waals surface area contributed by atoms with E-state index < -0.39 is 10.0 Å². The quantitative estimate of drug-likeness (QED) is 0.726. The SMILES string of the molecule is Cc1ccccc1N(CC(=O)N1CCCC1c1nnc2n1CCCCC2)S(C)(=O)=O. The van der Waals surface area contributed by atoms with E-state index in [1.807, 2.05) is 19.1 Å². The normalized spacial score (nSPS) is 19.4. The Hall–Kier alpha value is -2.42. The van der Waals surface area contributed by atoms with Gasteiger partial charge >= 0.3 is 0 Å². The van der Waals surface area contributed by atoms with Gasteiger partial charge < -0.3 is 9.47 Å². The number of hydrogen-bond acceptors (Lipinski definition) is 5. The second-order valence-corrected chi connectivity index (χ2v) is 10.1. The third-order valence-electron chi connectivity index (χ3n) is 6.07. The van der Waals surface area contributed by atoms with Crippen LogP contribution in [0.1, 0.15) is 55.4 Å². The number of amides is 1. The Balaban J connectivity index is 1.59. The lowest BCUT2D eigenvalue weighted by molar-refractivity contribution is -0.130. The minimum absolute atomic E-state index is 0.143. The van der Waals surface area contributed by atoms with Crippen molar-refractivity contribution in [2.45, 2.75) is 58.0 Å². The smallest absolute Gasteiger partial charge is 0.243 e. The highest BCUT2D eigenvalue weighted by atomic mass is 32.2. The summed E-state index contributed by atoms with van der Waals surface area (Å²) in [6, 6.07) is 7.09. The molecule has 3 heterocycles. The number of aromatic nitrogens is 3. The number of rotatable bonds is 5. The van der Waals surface area contributed by atoms with Crippen LogP contribution in [0.15, 0.2) is 24.3 Å². The molecule has 0 bridgehead atoms. The molecule has 0 aliphatic carbocycles. The number of aryl methyl sites for hydroxylation is 2. The van der Waals surface area contributed by atoms with Crippen LogP contribution >= 0.6 is 0 Å². The third-order valence-corrected chi connectivity index (χ3v) is 7.20. The van der Waals surface area contributed by atoms with Gasteiger partial charge in [0.15, 0.2) is 5.82 Å². The molecular formula is C21H29N5O3S. The van der Waals surface area contributed by atoms with Gasteiger partial charge in [-0.15, -0.1) is 10.2 Å². The third kappa shape index (κ3) is 4.08. The first-order chi connectivity index (χ1) is 14.4. The van der Waals surface area contributed by atoms with Crippen LogP contribution in [0.4, 0.5) is 5.69 Å². The van der Waals surface area contributed by atoms with Gasteiger partial charge in [-0.1, -0.05) is 24.6 Å². The Morgan fingerprint density at radius 3 is 2.70 bits per heavy atom. The minimum Gasteiger partial charge on any atom is -0.331 e. The Labute approximate surface area is 177 Å². The molecule has 162 valence electrons. The average Bonchev–Trinajstić information content (AvgIpc) is 3.26. The van der Waals surface area contributed by atoms with Gasteiger partial charge in [-0.2, -0.15) is 0 Å². The molecule has 30 heavy (non-hydrogen) atoms. The van der Waals surface area contributed by atoms with Crippen LogP contribution in [0.5, 0.6) is 0 Å². The number of likely N-dealkylation sites (tertiary alicyclic amines) is 1. The maximum Gasteiger partial charge on any atom is 0.243 e. The molecule has 1 atom stereocenters. The fourth-order valence-electron chi connectivity index (χ4n) is 4.53. The topological polar surface area (TPSA) is 88.4 Å². The minimum atomic E-state index is -3.60. The maximum atomic E-state index is 13.3. The van der Waals surface area contributed by atoms with E-state index >= 15 is 0 Å². The van der Waals surface area contributed by atoms with E-state index in [9.17, 15) is 13.2 Å². The lowest BCUT2D eigenvalue weighted by Crippen LogP contribution is -2.43. The van der Waals surface area contributed by atoms with E-state index in [2.05, 4.69) is 14.8 Å². The monoisotopic (exact) mass is 431 g/mol. The molecule has 1 unspecified atom stereocenters. The summed E-state index contributed by atoms with van der Waals surface area (Å²) < 4.78 is 28.4. The van der Waals surface area contributed by atoms with Gasteiger partial charge in [-0.05, 0) is 44.2 Å². The number of carbonyl (C=O) groups excluding carboxylic acids is 1. The highest BCUT2D eigenvalue weighted by molar-refractivity contribution is 7.92. The van der Waals surface area contributed by atoms with Gasteiger partial charge in [0.1, 0.15) is 12.4 Å². The second-order valence-electron chi connectivity index (χ2n) is 8.24. The second kappa shape index (κ2) is 8.37. The number of sulfonamides is 1. The molecule has 2 aliphatic rings. The lowest BCUT2D eigenvalue weighted by atomic mass is 10.2. The highest BCUT2D eigenvalue weighted by Crippen LogP contribution is 2.33. The molecule has 2 aromatic rings. The van der Waals surface area contributed by atoms with Crippen molar-refractivity contribution in [3.05, 3.63) is 41.5 Å². The summed E-state index contributed by atoms with van der Waals surface area (Å²) >= 11 is 0. The van der Waals surface area contributed by atoms with Crippen molar-refractivity contribution in [2.24, 2.45) is 0 Å². The van der Waals surface area contributed by atoms with Crippen molar-refractivity contribution in [2.75, 3.05) is 23.7 Å². The molecule has 1 aromatic heterocycles. The van der Waals surface area contributed by atoms with E-state index in [0.29, 0.717) is 12.2 Å². The average molecular weight is 432 g/mol. The molecule has 1 amide bonds. The van der Waals surface area contributed by atoms with Crippen LogP contribution < -0.4 is 4.31 Å². The Bertz CT molecular complexity index is 1030. The molecule has 4 rings (SSSR count). The summed E-state index contributed by atoms with van der Waals surface area (Å²) in [4.78, 5) is 15.1. The number of anilines is 1. The van der Waals surface area contributed by atoms with E-state index in [1.54, 1.807) is 17.0 Å². The number of benzene rings is 1. The summed E-state index contributed by atoms with van der Waals surface area (Å²) in [5, 5.41) is 8.82. The zero-order valence-corrected chi connectivity index (χ0v) is 18.4. The number of para-hydroxylation sites is 1. The maximum absolute atomic E-state index is 13.3. The van der Waals surface area contributed by atoms with Crippen molar-refractivity contribution in [3.63, 3.8) is 0 Å². The van der Waals surface area contributed by atoms with Crippen LogP contribution in [0.2, 0.25) is 0 Å². The lowest BCUT2D eigenvalue weighted by Gasteiger charge is -2.29. The van der Waals surface area contributed by atoms with Gasteiger partial charge in [-0.3, -0.25) is 9.10 Å². The number of fused-ring (bicyclic) bond motifs is 1. The number of carbonyl (C=O) groups is 1.